The van der Waals surface area contributed by atoms with Crippen molar-refractivity contribution in [2.45, 2.75) is 13.8 Å². The Balaban J connectivity index is 2.29. The van der Waals surface area contributed by atoms with E-state index in [1.54, 1.807) is 38.1 Å². The molecule has 2 aromatic carbocycles. The number of hydrogen-bond acceptors (Lipinski definition) is 6. The lowest BCUT2D eigenvalue weighted by atomic mass is 10.1. The van der Waals surface area contributed by atoms with Crippen LogP contribution in [0.15, 0.2) is 57.5 Å². The third-order valence-electron chi connectivity index (χ3n) is 4.07. The molecule has 0 N–H and O–H groups in total. The van der Waals surface area contributed by atoms with Crippen LogP contribution in [0.2, 0.25) is 0 Å². The van der Waals surface area contributed by atoms with Crippen LogP contribution >= 0.6 is 31.9 Å². The maximum absolute atomic E-state index is 12.7. The lowest BCUT2D eigenvalue weighted by Crippen LogP contribution is -2.17. The van der Waals surface area contributed by atoms with Gasteiger partial charge in [-0.3, -0.25) is 0 Å². The number of aromatic nitrogens is 2. The van der Waals surface area contributed by atoms with Crippen LogP contribution in [0.25, 0.3) is 22.5 Å². The molecule has 0 saturated heterocycles. The second kappa shape index (κ2) is 9.95. The molecule has 1 aromatic heterocycles. The molecule has 0 spiro atoms. The first-order valence-corrected chi connectivity index (χ1v) is 10.8. The summed E-state index contributed by atoms with van der Waals surface area (Å²) in [6.45, 7) is 3.81. The standard InChI is InChI=1S/C22H18Br2N2O4/c1-3-29-21(27)19-17(13-5-9-15(23)10-6-13)26-20(22(28)30-4-2)18(25-19)14-7-11-16(24)12-8-14/h5-12H,3-4H2,1-2H3. The predicted octanol–water partition coefficient (Wildman–Crippen LogP) is 5.69. The van der Waals surface area contributed by atoms with Crippen molar-refractivity contribution < 1.29 is 19.1 Å². The van der Waals surface area contributed by atoms with Gasteiger partial charge in [0, 0.05) is 20.1 Å². The first kappa shape index (κ1) is 22.1. The summed E-state index contributed by atoms with van der Waals surface area (Å²) in [5.74, 6) is -1.23. The van der Waals surface area contributed by atoms with E-state index in [1.165, 1.54) is 0 Å². The molecule has 8 heteroatoms. The number of hydrogen-bond donors (Lipinski definition) is 0. The lowest BCUT2D eigenvalue weighted by molar-refractivity contribution is 0.0502. The van der Waals surface area contributed by atoms with Crippen LogP contribution in [0.1, 0.15) is 34.8 Å². The number of esters is 2. The summed E-state index contributed by atoms with van der Waals surface area (Å²) in [6.07, 6.45) is 0. The average molecular weight is 534 g/mol. The number of ether oxygens (including phenoxy) is 2. The van der Waals surface area contributed by atoms with E-state index in [0.29, 0.717) is 11.1 Å². The topological polar surface area (TPSA) is 78.4 Å². The van der Waals surface area contributed by atoms with Gasteiger partial charge < -0.3 is 9.47 Å². The molecule has 0 aliphatic heterocycles. The highest BCUT2D eigenvalue weighted by atomic mass is 79.9. The molecule has 0 aliphatic carbocycles. The molecule has 0 aliphatic rings. The highest BCUT2D eigenvalue weighted by Gasteiger charge is 2.26. The van der Waals surface area contributed by atoms with Gasteiger partial charge in [0.05, 0.1) is 13.2 Å². The molecule has 0 unspecified atom stereocenters. The van der Waals surface area contributed by atoms with E-state index in [-0.39, 0.29) is 36.0 Å². The molecule has 3 aromatic rings. The number of halogens is 2. The fourth-order valence-corrected chi connectivity index (χ4v) is 3.27. The quantitative estimate of drug-likeness (QED) is 0.379. The Labute approximate surface area is 190 Å². The molecule has 0 fully saturated rings. The average Bonchev–Trinajstić information content (AvgIpc) is 2.74. The lowest BCUT2D eigenvalue weighted by Gasteiger charge is -2.14. The van der Waals surface area contributed by atoms with E-state index in [1.807, 2.05) is 24.3 Å². The zero-order chi connectivity index (χ0) is 21.7. The maximum Gasteiger partial charge on any atom is 0.359 e. The number of carbonyl (C=O) groups is 2. The van der Waals surface area contributed by atoms with Crippen LogP contribution in [0.5, 0.6) is 0 Å². The first-order valence-electron chi connectivity index (χ1n) is 9.22. The highest BCUT2D eigenvalue weighted by Crippen LogP contribution is 2.29. The van der Waals surface area contributed by atoms with Crippen LogP contribution in [-0.4, -0.2) is 35.1 Å². The summed E-state index contributed by atoms with van der Waals surface area (Å²) in [7, 11) is 0. The smallest absolute Gasteiger partial charge is 0.359 e. The molecule has 0 radical (unpaired) electrons. The summed E-state index contributed by atoms with van der Waals surface area (Å²) in [4.78, 5) is 34.4. The summed E-state index contributed by atoms with van der Waals surface area (Å²) in [5.41, 5.74) is 1.83. The normalized spacial score (nSPS) is 10.5. The molecule has 6 nitrogen and oxygen atoms in total. The Morgan fingerprint density at radius 1 is 0.700 bits per heavy atom. The highest BCUT2D eigenvalue weighted by molar-refractivity contribution is 9.10. The summed E-state index contributed by atoms with van der Waals surface area (Å²) in [5, 5.41) is 0. The van der Waals surface area contributed by atoms with Crippen molar-refractivity contribution in [2.24, 2.45) is 0 Å². The monoisotopic (exact) mass is 532 g/mol. The molecule has 154 valence electrons. The number of carbonyl (C=O) groups excluding carboxylic acids is 2. The van der Waals surface area contributed by atoms with Crippen molar-refractivity contribution in [3.05, 3.63) is 68.9 Å². The van der Waals surface area contributed by atoms with Gasteiger partial charge in [0.25, 0.3) is 0 Å². The van der Waals surface area contributed by atoms with Gasteiger partial charge in [-0.2, -0.15) is 0 Å². The van der Waals surface area contributed by atoms with Crippen molar-refractivity contribution in [3.63, 3.8) is 0 Å². The number of benzene rings is 2. The molecular weight excluding hydrogens is 516 g/mol. The Hall–Kier alpha value is -2.58. The summed E-state index contributed by atoms with van der Waals surface area (Å²) in [6, 6.07) is 14.4. The van der Waals surface area contributed by atoms with E-state index in [0.717, 1.165) is 8.95 Å². The Morgan fingerprint density at radius 3 is 1.33 bits per heavy atom. The minimum atomic E-state index is -0.614. The van der Waals surface area contributed by atoms with Gasteiger partial charge in [0.1, 0.15) is 11.4 Å². The number of nitrogens with zero attached hydrogens (tertiary/aromatic N) is 2. The van der Waals surface area contributed by atoms with Crippen LogP contribution in [-0.2, 0) is 9.47 Å². The second-order valence-corrected chi connectivity index (χ2v) is 7.90. The van der Waals surface area contributed by atoms with Crippen molar-refractivity contribution in [3.8, 4) is 22.5 Å². The fraction of sp³-hybridized carbons (Fsp3) is 0.182. The van der Waals surface area contributed by atoms with Crippen molar-refractivity contribution in [1.82, 2.24) is 9.97 Å². The van der Waals surface area contributed by atoms with Crippen molar-refractivity contribution in [1.29, 1.82) is 0 Å². The summed E-state index contributed by atoms with van der Waals surface area (Å²) < 4.78 is 12.1. The Bertz CT molecular complexity index is 980. The third-order valence-corrected chi connectivity index (χ3v) is 5.13. The molecule has 3 rings (SSSR count). The van der Waals surface area contributed by atoms with Crippen LogP contribution in [0.4, 0.5) is 0 Å². The predicted molar refractivity (Wildman–Crippen MR) is 120 cm³/mol. The molecule has 1 heterocycles. The van der Waals surface area contributed by atoms with Gasteiger partial charge in [-0.25, -0.2) is 19.6 Å². The van der Waals surface area contributed by atoms with E-state index in [2.05, 4.69) is 41.8 Å². The van der Waals surface area contributed by atoms with Gasteiger partial charge in [0.15, 0.2) is 11.4 Å². The van der Waals surface area contributed by atoms with Crippen LogP contribution in [0.3, 0.4) is 0 Å². The van der Waals surface area contributed by atoms with E-state index < -0.39 is 11.9 Å². The Kier molecular flexibility index (Phi) is 7.33. The van der Waals surface area contributed by atoms with Crippen LogP contribution < -0.4 is 0 Å². The third kappa shape index (κ3) is 4.94. The Morgan fingerprint density at radius 2 is 1.03 bits per heavy atom. The molecule has 0 atom stereocenters. The number of rotatable bonds is 6. The van der Waals surface area contributed by atoms with E-state index in [4.69, 9.17) is 9.47 Å². The minimum absolute atomic E-state index is 0.0325. The first-order chi connectivity index (χ1) is 14.4. The fourth-order valence-electron chi connectivity index (χ4n) is 2.74. The molecule has 0 amide bonds. The second-order valence-electron chi connectivity index (χ2n) is 6.07. The largest absolute Gasteiger partial charge is 0.461 e. The van der Waals surface area contributed by atoms with Gasteiger partial charge in [-0.05, 0) is 38.1 Å². The van der Waals surface area contributed by atoms with Gasteiger partial charge >= 0.3 is 11.9 Å². The molecule has 0 bridgehead atoms. The maximum atomic E-state index is 12.7. The van der Waals surface area contributed by atoms with Gasteiger partial charge in [-0.15, -0.1) is 0 Å². The van der Waals surface area contributed by atoms with Gasteiger partial charge in [0.2, 0.25) is 0 Å². The molecule has 30 heavy (non-hydrogen) atoms. The van der Waals surface area contributed by atoms with E-state index in [9.17, 15) is 9.59 Å². The van der Waals surface area contributed by atoms with Gasteiger partial charge in [-0.1, -0.05) is 56.1 Å². The van der Waals surface area contributed by atoms with E-state index >= 15 is 0 Å². The summed E-state index contributed by atoms with van der Waals surface area (Å²) >= 11 is 6.78. The minimum Gasteiger partial charge on any atom is -0.461 e. The molecule has 0 saturated carbocycles. The zero-order valence-corrected chi connectivity index (χ0v) is 19.5. The van der Waals surface area contributed by atoms with Crippen LogP contribution in [0, 0.1) is 0 Å². The zero-order valence-electron chi connectivity index (χ0n) is 16.3. The molecular formula is C22H18Br2N2O4. The van der Waals surface area contributed by atoms with Crippen molar-refractivity contribution >= 4 is 43.8 Å². The SMILES string of the molecule is CCOC(=O)c1nc(-c2ccc(Br)cc2)c(C(=O)OCC)nc1-c1ccc(Br)cc1. The van der Waals surface area contributed by atoms with Crippen molar-refractivity contribution in [2.75, 3.05) is 13.2 Å².